The van der Waals surface area contributed by atoms with Crippen molar-refractivity contribution in [1.82, 2.24) is 10.2 Å². The average molecular weight is 570 g/mol. The Morgan fingerprint density at radius 1 is 0.976 bits per heavy atom. The van der Waals surface area contributed by atoms with Crippen LogP contribution < -0.4 is 15.4 Å². The fourth-order valence-corrected chi connectivity index (χ4v) is 4.56. The summed E-state index contributed by atoms with van der Waals surface area (Å²) in [4.78, 5) is 42.4. The molecule has 9 nitrogen and oxygen atoms in total. The molecule has 3 amide bonds. The number of aliphatic hydroxyl groups excluding tert-OH is 1. The predicted octanol–water partition coefficient (Wildman–Crippen LogP) is 5.53. The zero-order valence-electron chi connectivity index (χ0n) is 25.9. The largest absolute Gasteiger partial charge is 0.497 e. The van der Waals surface area contributed by atoms with Crippen LogP contribution in [-0.4, -0.2) is 59.3 Å². The highest BCUT2D eigenvalue weighted by Crippen LogP contribution is 2.31. The molecule has 0 aliphatic carbocycles. The van der Waals surface area contributed by atoms with Crippen molar-refractivity contribution < 1.29 is 29.0 Å². The van der Waals surface area contributed by atoms with Gasteiger partial charge < -0.3 is 30.1 Å². The highest BCUT2D eigenvalue weighted by Gasteiger charge is 2.39. The van der Waals surface area contributed by atoms with Crippen molar-refractivity contribution in [3.05, 3.63) is 59.2 Å². The summed E-state index contributed by atoms with van der Waals surface area (Å²) in [5, 5.41) is 15.7. The summed E-state index contributed by atoms with van der Waals surface area (Å²) in [6.07, 6.45) is 0.601. The van der Waals surface area contributed by atoms with Crippen molar-refractivity contribution in [3.8, 4) is 5.75 Å². The number of benzene rings is 2. The molecule has 0 spiro atoms. The van der Waals surface area contributed by atoms with E-state index < -0.39 is 48.2 Å². The molecule has 0 aliphatic heterocycles. The number of amides is 3. The number of nitrogens with zero attached hydrogens (tertiary/aromatic N) is 1. The maximum absolute atomic E-state index is 14.2. The second-order valence-corrected chi connectivity index (χ2v) is 11.9. The van der Waals surface area contributed by atoms with E-state index in [9.17, 15) is 19.5 Å². The van der Waals surface area contributed by atoms with E-state index >= 15 is 0 Å². The predicted molar refractivity (Wildman–Crippen MR) is 161 cm³/mol. The van der Waals surface area contributed by atoms with Gasteiger partial charge in [-0.25, -0.2) is 4.79 Å². The van der Waals surface area contributed by atoms with E-state index in [0.29, 0.717) is 29.3 Å². The van der Waals surface area contributed by atoms with Crippen LogP contribution in [0.1, 0.15) is 77.1 Å². The number of methoxy groups -OCH3 is 1. The van der Waals surface area contributed by atoms with E-state index in [-0.39, 0.29) is 0 Å². The fourth-order valence-electron chi connectivity index (χ4n) is 4.56. The van der Waals surface area contributed by atoms with Gasteiger partial charge in [-0.05, 0) is 95.7 Å². The molecule has 3 unspecified atom stereocenters. The van der Waals surface area contributed by atoms with E-state index in [1.54, 1.807) is 52.1 Å². The average Bonchev–Trinajstić information content (AvgIpc) is 2.88. The molecule has 3 atom stereocenters. The van der Waals surface area contributed by atoms with E-state index in [4.69, 9.17) is 9.47 Å². The van der Waals surface area contributed by atoms with Gasteiger partial charge >= 0.3 is 6.09 Å². The number of alkyl carbamates (subject to hydrolysis) is 1. The maximum atomic E-state index is 14.2. The van der Waals surface area contributed by atoms with Crippen LogP contribution in [-0.2, 0) is 14.3 Å². The molecule has 2 aromatic rings. The molecule has 2 aromatic carbocycles. The summed E-state index contributed by atoms with van der Waals surface area (Å²) in [6.45, 7) is 14.4. The number of carbonyl (C=O) groups excluding carboxylic acids is 3. The van der Waals surface area contributed by atoms with Gasteiger partial charge in [0, 0.05) is 11.7 Å². The van der Waals surface area contributed by atoms with Gasteiger partial charge in [0.15, 0.2) is 0 Å². The molecule has 0 radical (unpaired) electrons. The highest BCUT2D eigenvalue weighted by molar-refractivity contribution is 5.99. The first-order chi connectivity index (χ1) is 19.2. The number of rotatable bonds is 12. The zero-order valence-corrected chi connectivity index (χ0v) is 25.9. The van der Waals surface area contributed by atoms with Gasteiger partial charge in [-0.2, -0.15) is 0 Å². The van der Waals surface area contributed by atoms with Gasteiger partial charge in [-0.3, -0.25) is 9.59 Å². The molecule has 226 valence electrons. The van der Waals surface area contributed by atoms with Gasteiger partial charge in [0.25, 0.3) is 5.91 Å². The normalized spacial score (nSPS) is 13.6. The number of carbonyl (C=O) groups is 3. The van der Waals surface area contributed by atoms with Gasteiger partial charge in [0.2, 0.25) is 5.91 Å². The topological polar surface area (TPSA) is 117 Å². The number of hydrogen-bond acceptors (Lipinski definition) is 6. The van der Waals surface area contributed by atoms with E-state index in [1.807, 2.05) is 39.0 Å². The number of ether oxygens (including phenoxy) is 2. The van der Waals surface area contributed by atoms with Crippen molar-refractivity contribution >= 4 is 23.6 Å². The molecule has 0 heterocycles. The Kier molecular flexibility index (Phi) is 12.2. The van der Waals surface area contributed by atoms with Crippen molar-refractivity contribution in [2.45, 2.75) is 92.0 Å². The molecule has 2 rings (SSSR count). The first-order valence-corrected chi connectivity index (χ1v) is 14.1. The quantitative estimate of drug-likeness (QED) is 0.309. The molecule has 0 saturated heterocycles. The Hall–Kier alpha value is -3.59. The van der Waals surface area contributed by atoms with Crippen LogP contribution in [0.4, 0.5) is 10.5 Å². The monoisotopic (exact) mass is 569 g/mol. The van der Waals surface area contributed by atoms with E-state index in [0.717, 1.165) is 17.5 Å². The lowest BCUT2D eigenvalue weighted by Crippen LogP contribution is -2.56. The number of anilines is 1. The molecular formula is C32H47N3O6. The van der Waals surface area contributed by atoms with Crippen LogP contribution in [0.2, 0.25) is 0 Å². The third kappa shape index (κ3) is 10.1. The second kappa shape index (κ2) is 14.9. The van der Waals surface area contributed by atoms with Crippen LogP contribution in [0.25, 0.3) is 0 Å². The number of nitrogens with one attached hydrogen (secondary N) is 2. The number of aliphatic hydroxyl groups is 1. The van der Waals surface area contributed by atoms with Crippen LogP contribution >= 0.6 is 0 Å². The van der Waals surface area contributed by atoms with Crippen molar-refractivity contribution in [3.63, 3.8) is 0 Å². The van der Waals surface area contributed by atoms with Crippen molar-refractivity contribution in [2.24, 2.45) is 5.92 Å². The smallest absolute Gasteiger partial charge is 0.408 e. The van der Waals surface area contributed by atoms with Crippen LogP contribution in [0.15, 0.2) is 42.5 Å². The molecule has 0 aliphatic rings. The van der Waals surface area contributed by atoms with Gasteiger partial charge in [0.05, 0.1) is 13.7 Å². The molecular weight excluding hydrogens is 522 g/mol. The third-order valence-electron chi connectivity index (χ3n) is 6.67. The minimum absolute atomic E-state index is 0.371. The first kappa shape index (κ1) is 33.6. The standard InChI is InChI=1S/C32H47N3O6/c1-20(2)10-12-23(5)35(30(38)27(19-36)34-31(39)41-32(6,7)8)28(26-17-11-21(3)18-22(26)4)29(37)33-24-13-15-25(40-9)16-14-24/h11,13-18,20,23,27-28,36H,10,12,19H2,1-9H3,(H,33,37)(H,34,39). The van der Waals surface area contributed by atoms with Crippen LogP contribution in [0.5, 0.6) is 5.75 Å². The summed E-state index contributed by atoms with van der Waals surface area (Å²) in [7, 11) is 1.56. The number of aryl methyl sites for hydroxylation is 2. The van der Waals surface area contributed by atoms with Crippen LogP contribution in [0.3, 0.4) is 0 Å². The van der Waals surface area contributed by atoms with Gasteiger partial charge in [-0.1, -0.05) is 37.6 Å². The van der Waals surface area contributed by atoms with Crippen molar-refractivity contribution in [2.75, 3.05) is 19.0 Å². The first-order valence-electron chi connectivity index (χ1n) is 14.1. The lowest BCUT2D eigenvalue weighted by atomic mass is 9.93. The van der Waals surface area contributed by atoms with Crippen molar-refractivity contribution in [1.29, 1.82) is 0 Å². The van der Waals surface area contributed by atoms with Gasteiger partial charge in [0.1, 0.15) is 23.4 Å². The minimum Gasteiger partial charge on any atom is -0.497 e. The summed E-state index contributed by atoms with van der Waals surface area (Å²) in [5.74, 6) is 0.0213. The summed E-state index contributed by atoms with van der Waals surface area (Å²) >= 11 is 0. The molecule has 9 heteroatoms. The SMILES string of the molecule is COc1ccc(NC(=O)C(c2ccc(C)cc2C)N(C(=O)C(CO)NC(=O)OC(C)(C)C)C(C)CCC(C)C)cc1. The molecule has 0 saturated carbocycles. The summed E-state index contributed by atoms with van der Waals surface area (Å²) in [5.41, 5.74) is 2.26. The lowest BCUT2D eigenvalue weighted by molar-refractivity contribution is -0.144. The fraction of sp³-hybridized carbons (Fsp3) is 0.531. The van der Waals surface area contributed by atoms with Gasteiger partial charge in [-0.15, -0.1) is 0 Å². The summed E-state index contributed by atoms with van der Waals surface area (Å²) < 4.78 is 10.6. The molecule has 0 bridgehead atoms. The summed E-state index contributed by atoms with van der Waals surface area (Å²) in [6, 6.07) is 9.91. The van der Waals surface area contributed by atoms with Crippen LogP contribution in [0, 0.1) is 19.8 Å². The maximum Gasteiger partial charge on any atom is 0.408 e. The Bertz CT molecular complexity index is 1170. The Labute approximate surface area is 244 Å². The number of hydrogen-bond donors (Lipinski definition) is 3. The zero-order chi connectivity index (χ0) is 30.9. The minimum atomic E-state index is -1.31. The van der Waals surface area contributed by atoms with E-state index in [1.165, 1.54) is 4.90 Å². The molecule has 3 N–H and O–H groups in total. The highest BCUT2D eigenvalue weighted by atomic mass is 16.6. The molecule has 0 fully saturated rings. The lowest BCUT2D eigenvalue weighted by Gasteiger charge is -2.39. The molecule has 41 heavy (non-hydrogen) atoms. The molecule has 0 aromatic heterocycles. The third-order valence-corrected chi connectivity index (χ3v) is 6.67. The van der Waals surface area contributed by atoms with E-state index in [2.05, 4.69) is 24.5 Å². The second-order valence-electron chi connectivity index (χ2n) is 11.9. The Morgan fingerprint density at radius 3 is 2.12 bits per heavy atom. The Morgan fingerprint density at radius 2 is 1.61 bits per heavy atom. The Balaban J connectivity index is 2.60.